The summed E-state index contributed by atoms with van der Waals surface area (Å²) in [6, 6.07) is 15.3. The maximum Gasteiger partial charge on any atom is 0.408 e. The minimum absolute atomic E-state index is 0.0434. The number of para-hydroxylation sites is 1. The summed E-state index contributed by atoms with van der Waals surface area (Å²) in [6.45, 7) is 1.43. The van der Waals surface area contributed by atoms with Crippen LogP contribution in [0.1, 0.15) is 56.6 Å². The molecule has 1 heterocycles. The van der Waals surface area contributed by atoms with Gasteiger partial charge in [-0.3, -0.25) is 14.9 Å². The van der Waals surface area contributed by atoms with Gasteiger partial charge in [0.05, 0.1) is 12.1 Å². The normalized spacial score (nSPS) is 19.4. The number of alkyl halides is 3. The molecule has 0 radical (unpaired) electrons. The largest absolute Gasteiger partial charge is 0.480 e. The molecule has 1 saturated carbocycles. The third-order valence-corrected chi connectivity index (χ3v) is 8.38. The Kier molecular flexibility index (Phi) is 11.4. The molecule has 2 amide bonds. The van der Waals surface area contributed by atoms with Crippen LogP contribution in [-0.2, 0) is 32.0 Å². The molecule has 5 unspecified atom stereocenters. The van der Waals surface area contributed by atoms with Crippen molar-refractivity contribution < 1.29 is 42.2 Å². The van der Waals surface area contributed by atoms with Crippen molar-refractivity contribution in [3.05, 3.63) is 71.9 Å². The molecule has 1 fully saturated rings. The topological polar surface area (TPSA) is 150 Å². The molecule has 0 bridgehead atoms. The number of nitrogens with one attached hydrogen (secondary N) is 4. The number of aldehydes is 1. The average Bonchev–Trinajstić information content (AvgIpc) is 3.41. The lowest BCUT2D eigenvalue weighted by atomic mass is 9.86. The highest BCUT2D eigenvalue weighted by Gasteiger charge is 2.48. The predicted octanol–water partition coefficient (Wildman–Crippen LogP) is 5.02. The van der Waals surface area contributed by atoms with Crippen molar-refractivity contribution in [1.82, 2.24) is 20.9 Å². The molecular weight excluding hydrogens is 605 g/mol. The molecule has 13 heteroatoms. The van der Waals surface area contributed by atoms with Crippen LogP contribution in [0.3, 0.4) is 0 Å². The van der Waals surface area contributed by atoms with E-state index in [0.717, 1.165) is 16.5 Å². The Morgan fingerprint density at radius 3 is 2.46 bits per heavy atom. The Hall–Kier alpha value is -4.39. The Bertz CT molecular complexity index is 1500. The maximum absolute atomic E-state index is 14.1. The first-order valence-electron chi connectivity index (χ1n) is 15.3. The van der Waals surface area contributed by atoms with Crippen LogP contribution < -0.4 is 16.0 Å². The summed E-state index contributed by atoms with van der Waals surface area (Å²) >= 11 is 0. The summed E-state index contributed by atoms with van der Waals surface area (Å²) in [5.74, 6) is -3.83. The lowest BCUT2D eigenvalue weighted by Crippen LogP contribution is -2.63. The van der Waals surface area contributed by atoms with Crippen molar-refractivity contribution in [2.24, 2.45) is 5.92 Å². The molecule has 3 aromatic rings. The van der Waals surface area contributed by atoms with Gasteiger partial charge in [-0.15, -0.1) is 0 Å². The molecule has 248 valence electrons. The minimum Gasteiger partial charge on any atom is -0.480 e. The lowest BCUT2D eigenvalue weighted by Gasteiger charge is -2.35. The van der Waals surface area contributed by atoms with Gasteiger partial charge in [0.15, 0.2) is 0 Å². The standard InChI is InChI=1S/C33H39F3N4O6/c1-32(19-22-20-37-25-13-7-5-11-23(22)25,40-31(45)46-27-14-8-6-12-24(27)33(34,35)36)30(44)39-28(38-26(17-18-41)29(42)43)16-15-21-9-3-2-4-10-21/h2-5,7,9-11,13,18,20,24,26-28,37-38H,6,8,12,14-17,19H2,1H3,(H,39,44)(H,40,45)(H,42,43). The van der Waals surface area contributed by atoms with Gasteiger partial charge in [-0.05, 0) is 56.2 Å². The monoisotopic (exact) mass is 644 g/mol. The van der Waals surface area contributed by atoms with Crippen LogP contribution in [-0.4, -0.2) is 64.4 Å². The van der Waals surface area contributed by atoms with Gasteiger partial charge in [-0.1, -0.05) is 55.0 Å². The number of aliphatic carboxylic acids is 1. The van der Waals surface area contributed by atoms with E-state index in [0.29, 0.717) is 31.1 Å². The number of aryl methyl sites for hydroxylation is 1. The number of benzene rings is 2. The molecule has 1 aliphatic rings. The zero-order valence-corrected chi connectivity index (χ0v) is 25.4. The van der Waals surface area contributed by atoms with E-state index in [1.165, 1.54) is 6.92 Å². The van der Waals surface area contributed by atoms with Gasteiger partial charge >= 0.3 is 18.2 Å². The van der Waals surface area contributed by atoms with E-state index in [4.69, 9.17) is 4.74 Å². The van der Waals surface area contributed by atoms with Crippen LogP contribution >= 0.6 is 0 Å². The van der Waals surface area contributed by atoms with Gasteiger partial charge in [-0.2, -0.15) is 13.2 Å². The fraction of sp³-hybridized carbons (Fsp3) is 0.455. The van der Waals surface area contributed by atoms with Gasteiger partial charge in [-0.25, -0.2) is 4.79 Å². The highest BCUT2D eigenvalue weighted by Crippen LogP contribution is 2.39. The Morgan fingerprint density at radius 1 is 1.07 bits per heavy atom. The van der Waals surface area contributed by atoms with Crippen molar-refractivity contribution in [2.75, 3.05) is 0 Å². The maximum atomic E-state index is 14.1. The summed E-state index contributed by atoms with van der Waals surface area (Å²) in [4.78, 5) is 53.5. The summed E-state index contributed by atoms with van der Waals surface area (Å²) in [6.07, 6.45) is -4.98. The fourth-order valence-electron chi connectivity index (χ4n) is 5.89. The third kappa shape index (κ3) is 9.09. The molecule has 10 nitrogen and oxygen atoms in total. The first-order chi connectivity index (χ1) is 21.9. The number of carbonyl (C=O) groups excluding carboxylic acids is 3. The fourth-order valence-corrected chi connectivity index (χ4v) is 5.89. The van der Waals surface area contributed by atoms with Crippen molar-refractivity contribution >= 4 is 35.2 Å². The molecule has 5 atom stereocenters. The van der Waals surface area contributed by atoms with Gasteiger partial charge < -0.3 is 30.3 Å². The van der Waals surface area contributed by atoms with E-state index in [-0.39, 0.29) is 32.1 Å². The second kappa shape index (κ2) is 15.3. The predicted molar refractivity (Wildman–Crippen MR) is 164 cm³/mol. The summed E-state index contributed by atoms with van der Waals surface area (Å²) in [5, 5.41) is 18.6. The second-order valence-electron chi connectivity index (χ2n) is 11.9. The molecule has 0 aliphatic heterocycles. The quantitative estimate of drug-likeness (QED) is 0.122. The molecule has 2 aromatic carbocycles. The van der Waals surface area contributed by atoms with Crippen LogP contribution in [0.15, 0.2) is 60.8 Å². The Labute approximate surface area is 264 Å². The van der Waals surface area contributed by atoms with E-state index >= 15 is 0 Å². The number of ether oxygens (including phenoxy) is 1. The zero-order chi connectivity index (χ0) is 33.3. The van der Waals surface area contributed by atoms with Crippen LogP contribution in [0.25, 0.3) is 10.9 Å². The van der Waals surface area contributed by atoms with E-state index in [2.05, 4.69) is 20.9 Å². The number of rotatable bonds is 14. The number of hydrogen-bond donors (Lipinski definition) is 5. The van der Waals surface area contributed by atoms with Crippen LogP contribution in [0, 0.1) is 5.92 Å². The first kappa shape index (κ1) is 34.5. The average molecular weight is 645 g/mol. The smallest absolute Gasteiger partial charge is 0.408 e. The number of fused-ring (bicyclic) bond motifs is 1. The Morgan fingerprint density at radius 2 is 1.76 bits per heavy atom. The molecule has 46 heavy (non-hydrogen) atoms. The Balaban J connectivity index is 1.60. The van der Waals surface area contributed by atoms with Gasteiger partial charge in [0, 0.05) is 29.9 Å². The number of aromatic nitrogens is 1. The van der Waals surface area contributed by atoms with E-state index in [1.54, 1.807) is 6.20 Å². The minimum atomic E-state index is -4.55. The molecule has 4 rings (SSSR count). The van der Waals surface area contributed by atoms with Gasteiger partial charge in [0.25, 0.3) is 0 Å². The zero-order valence-electron chi connectivity index (χ0n) is 25.4. The summed E-state index contributed by atoms with van der Waals surface area (Å²) < 4.78 is 46.5. The number of aromatic amines is 1. The van der Waals surface area contributed by atoms with Crippen LogP contribution in [0.5, 0.6) is 0 Å². The summed E-state index contributed by atoms with van der Waals surface area (Å²) in [5.41, 5.74) is 0.595. The van der Waals surface area contributed by atoms with E-state index in [9.17, 15) is 37.5 Å². The van der Waals surface area contributed by atoms with Gasteiger partial charge in [0.1, 0.15) is 24.0 Å². The molecule has 0 saturated heterocycles. The molecular formula is C33H39F3N4O6. The highest BCUT2D eigenvalue weighted by atomic mass is 19.4. The van der Waals surface area contributed by atoms with Crippen molar-refractivity contribution in [1.29, 1.82) is 0 Å². The van der Waals surface area contributed by atoms with Crippen molar-refractivity contribution in [3.63, 3.8) is 0 Å². The number of alkyl carbamates (subject to hydrolysis) is 1. The first-order valence-corrected chi connectivity index (χ1v) is 15.3. The molecule has 0 spiro atoms. The van der Waals surface area contributed by atoms with Crippen molar-refractivity contribution in [3.8, 4) is 0 Å². The number of carbonyl (C=O) groups is 4. The van der Waals surface area contributed by atoms with Crippen LogP contribution in [0.2, 0.25) is 0 Å². The molecule has 5 N–H and O–H groups in total. The number of hydrogen-bond acceptors (Lipinski definition) is 6. The summed E-state index contributed by atoms with van der Waals surface area (Å²) in [7, 11) is 0. The van der Waals surface area contributed by atoms with Gasteiger partial charge in [0.2, 0.25) is 5.91 Å². The SMILES string of the molecule is CC(Cc1c[nH]c2ccccc12)(NC(=O)OC1CCCCC1C(F)(F)F)C(=O)NC(CCc1ccccc1)NC(CC=O)C(=O)O. The van der Waals surface area contributed by atoms with Crippen LogP contribution in [0.4, 0.5) is 18.0 Å². The third-order valence-electron chi connectivity index (χ3n) is 8.38. The number of carboxylic acid groups (broad SMARTS) is 1. The lowest BCUT2D eigenvalue weighted by molar-refractivity contribution is -0.207. The number of halogens is 3. The number of carboxylic acids is 1. The number of H-pyrrole nitrogens is 1. The number of amides is 2. The van der Waals surface area contributed by atoms with Crippen molar-refractivity contribution in [2.45, 2.75) is 88.3 Å². The molecule has 1 aromatic heterocycles. The second-order valence-corrected chi connectivity index (χ2v) is 11.9. The van der Waals surface area contributed by atoms with E-state index in [1.807, 2.05) is 54.6 Å². The highest BCUT2D eigenvalue weighted by molar-refractivity contribution is 5.92. The molecule has 1 aliphatic carbocycles. The van der Waals surface area contributed by atoms with E-state index < -0.39 is 53.9 Å².